The third-order valence-electron chi connectivity index (χ3n) is 4.95. The van der Waals surface area contributed by atoms with E-state index in [1.54, 1.807) is 19.1 Å². The van der Waals surface area contributed by atoms with E-state index in [0.29, 0.717) is 24.8 Å². The number of hydrogen-bond donors (Lipinski definition) is 2. The third kappa shape index (κ3) is 7.06. The predicted octanol–water partition coefficient (Wildman–Crippen LogP) is 7.48. The van der Waals surface area contributed by atoms with Crippen molar-refractivity contribution in [3.63, 3.8) is 0 Å². The van der Waals surface area contributed by atoms with Gasteiger partial charge in [0.2, 0.25) is 10.0 Å². The van der Waals surface area contributed by atoms with Gasteiger partial charge < -0.3 is 10.1 Å². The number of hydrogen-bond acceptors (Lipinski definition) is 4. The molecule has 1 saturated carbocycles. The van der Waals surface area contributed by atoms with Gasteiger partial charge in [-0.15, -0.1) is 6.58 Å². The van der Waals surface area contributed by atoms with Gasteiger partial charge in [0.25, 0.3) is 0 Å². The van der Waals surface area contributed by atoms with Crippen LogP contribution in [0.5, 0.6) is 5.75 Å². The summed E-state index contributed by atoms with van der Waals surface area (Å²) in [4.78, 5) is 0. The van der Waals surface area contributed by atoms with Gasteiger partial charge in [-0.2, -0.15) is 0 Å². The molecule has 1 aliphatic carbocycles. The highest BCUT2D eigenvalue weighted by Gasteiger charge is 2.53. The highest BCUT2D eigenvalue weighted by Crippen LogP contribution is 2.49. The first-order valence-electron chi connectivity index (χ1n) is 11.4. The number of allylic oxidation sites excluding steroid dienone is 1. The van der Waals surface area contributed by atoms with Gasteiger partial charge in [-0.05, 0) is 49.9 Å². The lowest BCUT2D eigenvalue weighted by Gasteiger charge is -2.21. The fourth-order valence-electron chi connectivity index (χ4n) is 3.14. The van der Waals surface area contributed by atoms with E-state index in [0.717, 1.165) is 12.1 Å². The van der Waals surface area contributed by atoms with Gasteiger partial charge in [0.05, 0.1) is 16.1 Å². The van der Waals surface area contributed by atoms with E-state index < -0.39 is 26.4 Å². The Hall–Kier alpha value is -2.87. The average Bonchev–Trinajstić information content (AvgIpc) is 3.60. The van der Waals surface area contributed by atoms with Gasteiger partial charge in [0, 0.05) is 6.07 Å². The molecule has 0 amide bonds. The summed E-state index contributed by atoms with van der Waals surface area (Å²) in [5.41, 5.74) is 0.838. The van der Waals surface area contributed by atoms with Crippen molar-refractivity contribution in [1.82, 2.24) is 0 Å². The molecule has 0 aromatic heterocycles. The zero-order valence-corrected chi connectivity index (χ0v) is 21.5. The van der Waals surface area contributed by atoms with Crippen LogP contribution in [-0.4, -0.2) is 19.8 Å². The Morgan fingerprint density at radius 2 is 1.68 bits per heavy atom. The largest absolute Gasteiger partial charge is 0.487 e. The monoisotopic (exact) mass is 494 g/mol. The summed E-state index contributed by atoms with van der Waals surface area (Å²) in [6, 6.07) is 6.67. The molecule has 0 radical (unpaired) electrons. The lowest BCUT2D eigenvalue weighted by atomic mass is 10.2. The molecule has 2 N–H and O–H groups in total. The molecule has 2 aromatic carbocycles. The van der Waals surface area contributed by atoms with Crippen LogP contribution in [0.25, 0.3) is 0 Å². The average molecular weight is 495 g/mol. The van der Waals surface area contributed by atoms with Gasteiger partial charge in [-0.3, -0.25) is 4.72 Å². The molecule has 0 atom stereocenters. The molecule has 1 aliphatic rings. The summed E-state index contributed by atoms with van der Waals surface area (Å²) in [6.07, 6.45) is 4.30. The number of nitrogens with one attached hydrogen (secondary N) is 2. The van der Waals surface area contributed by atoms with Crippen LogP contribution < -0.4 is 14.8 Å². The second kappa shape index (κ2) is 13.1. The Kier molecular flexibility index (Phi) is 11.3. The molecule has 0 spiro atoms. The molecule has 5 nitrogen and oxygen atoms in total. The summed E-state index contributed by atoms with van der Waals surface area (Å²) in [5.74, 6) is -1.24. The van der Waals surface area contributed by atoms with Crippen molar-refractivity contribution in [2.45, 2.75) is 58.6 Å². The summed E-state index contributed by atoms with van der Waals surface area (Å²) in [6.45, 7) is 17.0. The van der Waals surface area contributed by atoms with Gasteiger partial charge in [0.1, 0.15) is 29.7 Å². The van der Waals surface area contributed by atoms with Crippen LogP contribution in [0, 0.1) is 18.6 Å². The normalized spacial score (nSPS) is 13.3. The van der Waals surface area contributed by atoms with Crippen molar-refractivity contribution >= 4 is 27.1 Å². The molecule has 34 heavy (non-hydrogen) atoms. The molecule has 3 rings (SSSR count). The molecule has 0 saturated heterocycles. The minimum atomic E-state index is -3.84. The molecule has 0 unspecified atom stereocenters. The minimum Gasteiger partial charge on any atom is -0.487 e. The van der Waals surface area contributed by atoms with E-state index in [1.807, 2.05) is 27.7 Å². The van der Waals surface area contributed by atoms with Crippen molar-refractivity contribution in [3.8, 4) is 5.75 Å². The maximum atomic E-state index is 14.4. The van der Waals surface area contributed by atoms with Crippen LogP contribution in [0.3, 0.4) is 0 Å². The van der Waals surface area contributed by atoms with Crippen LogP contribution >= 0.6 is 0 Å². The number of halogens is 2. The molecular formula is C26H36F2N2O3S. The van der Waals surface area contributed by atoms with Gasteiger partial charge in [-0.25, -0.2) is 17.2 Å². The van der Waals surface area contributed by atoms with Gasteiger partial charge in [0.15, 0.2) is 0 Å². The molecule has 0 bridgehead atoms. The minimum absolute atomic E-state index is 0.00793. The molecule has 2 aromatic rings. The van der Waals surface area contributed by atoms with Gasteiger partial charge >= 0.3 is 0 Å². The van der Waals surface area contributed by atoms with E-state index in [2.05, 4.69) is 23.2 Å². The van der Waals surface area contributed by atoms with E-state index in [1.165, 1.54) is 18.2 Å². The Morgan fingerprint density at radius 3 is 2.21 bits per heavy atom. The summed E-state index contributed by atoms with van der Waals surface area (Å²) in [5, 5.41) is 2.78. The van der Waals surface area contributed by atoms with Gasteiger partial charge in [-0.1, -0.05) is 52.5 Å². The Morgan fingerprint density at radius 1 is 1.03 bits per heavy atom. The summed E-state index contributed by atoms with van der Waals surface area (Å²) in [7, 11) is -3.84. The highest BCUT2D eigenvalue weighted by molar-refractivity contribution is 7.94. The molecule has 8 heteroatoms. The lowest BCUT2D eigenvalue weighted by Crippen LogP contribution is -2.29. The fourth-order valence-corrected chi connectivity index (χ4v) is 4.82. The number of sulfonamides is 1. The SMILES string of the molecule is C=CCOc1cc(F)cc(Nc2ccc(C)cc2F)c1NS(=O)(=O)C1(CC=C)CC1.CC.CC. The molecule has 0 heterocycles. The summed E-state index contributed by atoms with van der Waals surface area (Å²) >= 11 is 0. The number of anilines is 3. The molecule has 188 valence electrons. The second-order valence-electron chi connectivity index (χ2n) is 7.32. The van der Waals surface area contributed by atoms with Crippen LogP contribution in [0.1, 0.15) is 52.5 Å². The topological polar surface area (TPSA) is 67.4 Å². The fraction of sp³-hybridized carbons (Fsp3) is 0.385. The van der Waals surface area contributed by atoms with E-state index >= 15 is 0 Å². The molecule has 1 fully saturated rings. The van der Waals surface area contributed by atoms with Crippen molar-refractivity contribution in [3.05, 3.63) is 72.8 Å². The van der Waals surface area contributed by atoms with Crippen molar-refractivity contribution in [1.29, 1.82) is 0 Å². The predicted molar refractivity (Wildman–Crippen MR) is 139 cm³/mol. The van der Waals surface area contributed by atoms with Crippen molar-refractivity contribution < 1.29 is 21.9 Å². The smallest absolute Gasteiger partial charge is 0.238 e. The molecular weight excluding hydrogens is 458 g/mol. The zero-order chi connectivity index (χ0) is 25.9. The van der Waals surface area contributed by atoms with E-state index in [-0.39, 0.29) is 29.4 Å². The number of aryl methyl sites for hydroxylation is 1. The van der Waals surface area contributed by atoms with Crippen LogP contribution in [0.15, 0.2) is 55.6 Å². The highest BCUT2D eigenvalue weighted by atomic mass is 32.2. The quantitative estimate of drug-likeness (QED) is 0.336. The van der Waals surface area contributed by atoms with Crippen LogP contribution in [-0.2, 0) is 10.0 Å². The van der Waals surface area contributed by atoms with E-state index in [9.17, 15) is 17.2 Å². The third-order valence-corrected chi connectivity index (χ3v) is 7.14. The maximum Gasteiger partial charge on any atom is 0.238 e. The number of rotatable bonds is 10. The summed E-state index contributed by atoms with van der Waals surface area (Å²) < 4.78 is 61.9. The first-order chi connectivity index (χ1) is 16.2. The van der Waals surface area contributed by atoms with Crippen molar-refractivity contribution in [2.24, 2.45) is 0 Å². The molecule has 0 aliphatic heterocycles. The maximum absolute atomic E-state index is 14.4. The first-order valence-corrected chi connectivity index (χ1v) is 12.9. The Balaban J connectivity index is 0.00000137. The standard InChI is InChI=1S/C22H24F2N2O3S.2C2H6/c1-4-8-22(9-10-22)30(27,28)26-21-19(13-16(23)14-20(21)29-11-5-2)25-18-7-6-15(3)12-17(18)24;2*1-2/h4-7,12-14,25-26H,1-2,8-11H2,3H3;2*1-2H3. The van der Waals surface area contributed by atoms with Crippen LogP contribution in [0.2, 0.25) is 0 Å². The van der Waals surface area contributed by atoms with Crippen molar-refractivity contribution in [2.75, 3.05) is 16.6 Å². The van der Waals surface area contributed by atoms with E-state index in [4.69, 9.17) is 4.74 Å². The number of ether oxygens (including phenoxy) is 1. The Labute approximate surface area is 203 Å². The number of benzene rings is 2. The second-order valence-corrected chi connectivity index (χ2v) is 9.39. The van der Waals surface area contributed by atoms with Crippen LogP contribution in [0.4, 0.5) is 25.8 Å². The lowest BCUT2D eigenvalue weighted by molar-refractivity contribution is 0.363. The zero-order valence-electron chi connectivity index (χ0n) is 20.7. The Bertz CT molecular complexity index is 1080. The first kappa shape index (κ1) is 29.2.